The number of allylic oxidation sites excluding steroid dienone is 1. The van der Waals surface area contributed by atoms with E-state index in [1.54, 1.807) is 11.6 Å². The molecule has 0 atom stereocenters. The number of rotatable bonds is 9. The van der Waals surface area contributed by atoms with E-state index in [2.05, 4.69) is 21.8 Å². The summed E-state index contributed by atoms with van der Waals surface area (Å²) in [5, 5.41) is 11.9. The predicted octanol–water partition coefficient (Wildman–Crippen LogP) is 1.48. The highest BCUT2D eigenvalue weighted by Gasteiger charge is 2.22. The van der Waals surface area contributed by atoms with Crippen LogP contribution >= 0.6 is 11.3 Å². The molecule has 1 aliphatic heterocycles. The van der Waals surface area contributed by atoms with Crippen LogP contribution in [-0.4, -0.2) is 46.5 Å². The molecule has 3 N–H and O–H groups in total. The largest absolute Gasteiger partial charge is 0.356 e. The highest BCUT2D eigenvalue weighted by atomic mass is 32.1. The van der Waals surface area contributed by atoms with Crippen LogP contribution in [0.5, 0.6) is 0 Å². The minimum absolute atomic E-state index is 0.0804. The number of unbranched alkanes of at least 4 members (excludes halogenated alkanes) is 1. The van der Waals surface area contributed by atoms with Crippen LogP contribution in [0.25, 0.3) is 0 Å². The van der Waals surface area contributed by atoms with Gasteiger partial charge in [0.2, 0.25) is 5.91 Å². The van der Waals surface area contributed by atoms with E-state index < -0.39 is 5.91 Å². The Labute approximate surface area is 145 Å². The van der Waals surface area contributed by atoms with Gasteiger partial charge in [0.25, 0.3) is 0 Å². The monoisotopic (exact) mass is 352 g/mol. The van der Waals surface area contributed by atoms with E-state index in [1.807, 2.05) is 0 Å². The molecule has 24 heavy (non-hydrogen) atoms. The fourth-order valence-corrected chi connectivity index (χ4v) is 3.63. The number of thiazole rings is 1. The zero-order valence-electron chi connectivity index (χ0n) is 13.7. The van der Waals surface area contributed by atoms with E-state index in [9.17, 15) is 9.59 Å². The molecule has 1 aromatic heterocycles. The number of nitrogens with one attached hydrogen (secondary N) is 2. The molecule has 0 bridgehead atoms. The smallest absolute Gasteiger partial charge is 0.303 e. The van der Waals surface area contributed by atoms with Crippen molar-refractivity contribution >= 4 is 23.2 Å². The molecule has 0 spiro atoms. The van der Waals surface area contributed by atoms with Gasteiger partial charge in [-0.25, -0.2) is 10.5 Å². The average molecular weight is 352 g/mol. The van der Waals surface area contributed by atoms with E-state index in [-0.39, 0.29) is 5.91 Å². The second-order valence-electron chi connectivity index (χ2n) is 5.74. The molecule has 0 aromatic carbocycles. The van der Waals surface area contributed by atoms with Gasteiger partial charge in [-0.1, -0.05) is 6.08 Å². The van der Waals surface area contributed by atoms with Crippen molar-refractivity contribution in [1.82, 2.24) is 20.7 Å². The summed E-state index contributed by atoms with van der Waals surface area (Å²) in [7, 11) is 0. The van der Waals surface area contributed by atoms with Gasteiger partial charge < -0.3 is 5.32 Å². The molecule has 132 valence electrons. The van der Waals surface area contributed by atoms with E-state index >= 15 is 0 Å². The maximum Gasteiger partial charge on any atom is 0.303 e. The molecule has 7 nitrogen and oxygen atoms in total. The van der Waals surface area contributed by atoms with Crippen LogP contribution in [0, 0.1) is 0 Å². The number of hydroxylamine groups is 1. The van der Waals surface area contributed by atoms with Gasteiger partial charge in [-0.05, 0) is 25.8 Å². The van der Waals surface area contributed by atoms with Crippen LogP contribution in [0.4, 0.5) is 0 Å². The summed E-state index contributed by atoms with van der Waals surface area (Å²) >= 11 is 1.34. The van der Waals surface area contributed by atoms with Crippen LogP contribution in [-0.2, 0) is 17.8 Å². The highest BCUT2D eigenvalue weighted by molar-refractivity contribution is 7.13. The van der Waals surface area contributed by atoms with Crippen molar-refractivity contribution in [3.05, 3.63) is 28.2 Å². The Bertz CT molecular complexity index is 588. The third-order valence-electron chi connectivity index (χ3n) is 3.90. The first-order valence-electron chi connectivity index (χ1n) is 8.17. The summed E-state index contributed by atoms with van der Waals surface area (Å²) in [6.07, 6.45) is 5.76. The summed E-state index contributed by atoms with van der Waals surface area (Å²) in [6, 6.07) is 0. The van der Waals surface area contributed by atoms with Crippen LogP contribution in [0.3, 0.4) is 0 Å². The lowest BCUT2D eigenvalue weighted by Gasteiger charge is -2.25. The average Bonchev–Trinajstić information content (AvgIpc) is 3.02. The Morgan fingerprint density at radius 2 is 2.25 bits per heavy atom. The van der Waals surface area contributed by atoms with Gasteiger partial charge in [0, 0.05) is 37.4 Å². The summed E-state index contributed by atoms with van der Waals surface area (Å²) in [4.78, 5) is 30.6. The molecular formula is C16H24N4O3S. The van der Waals surface area contributed by atoms with Crippen molar-refractivity contribution in [2.75, 3.05) is 19.6 Å². The minimum Gasteiger partial charge on any atom is -0.356 e. The zero-order chi connectivity index (χ0) is 17.4. The van der Waals surface area contributed by atoms with Gasteiger partial charge in [0.05, 0.1) is 5.69 Å². The molecule has 1 aromatic rings. The standard InChI is InChI=1S/C16H24N4O3S/c1-2-3-6-14(21)17-8-4-5-9-20-10-7-12-13(11-20)24-16(18-12)15(22)19-23/h2,23H,1,3-11H2,(H,17,21)(H,19,22). The van der Waals surface area contributed by atoms with E-state index in [4.69, 9.17) is 5.21 Å². The van der Waals surface area contributed by atoms with Crippen molar-refractivity contribution in [3.8, 4) is 0 Å². The molecule has 1 aliphatic rings. The molecular weight excluding hydrogens is 328 g/mol. The fraction of sp³-hybridized carbons (Fsp3) is 0.562. The molecule has 0 unspecified atom stereocenters. The van der Waals surface area contributed by atoms with Gasteiger partial charge in [-0.15, -0.1) is 17.9 Å². The van der Waals surface area contributed by atoms with E-state index in [0.717, 1.165) is 49.5 Å². The Kier molecular flexibility index (Phi) is 7.36. The van der Waals surface area contributed by atoms with Crippen LogP contribution < -0.4 is 10.8 Å². The number of hydrogen-bond acceptors (Lipinski definition) is 6. The molecule has 2 rings (SSSR count). The number of fused-ring (bicyclic) bond motifs is 1. The number of hydrogen-bond donors (Lipinski definition) is 3. The SMILES string of the molecule is C=CCCC(=O)NCCCCN1CCc2nc(C(=O)NO)sc2C1. The molecule has 0 saturated carbocycles. The lowest BCUT2D eigenvalue weighted by atomic mass is 10.1. The van der Waals surface area contributed by atoms with Gasteiger partial charge >= 0.3 is 5.91 Å². The lowest BCUT2D eigenvalue weighted by molar-refractivity contribution is -0.121. The zero-order valence-corrected chi connectivity index (χ0v) is 14.5. The second kappa shape index (κ2) is 9.51. The maximum atomic E-state index is 11.5. The van der Waals surface area contributed by atoms with Crippen molar-refractivity contribution < 1.29 is 14.8 Å². The third-order valence-corrected chi connectivity index (χ3v) is 4.99. The highest BCUT2D eigenvalue weighted by Crippen LogP contribution is 2.25. The Balaban J connectivity index is 1.67. The van der Waals surface area contributed by atoms with Crippen molar-refractivity contribution in [1.29, 1.82) is 0 Å². The molecule has 0 saturated heterocycles. The molecule has 0 aliphatic carbocycles. The first-order chi connectivity index (χ1) is 11.6. The minimum atomic E-state index is -0.548. The summed E-state index contributed by atoms with van der Waals surface area (Å²) < 4.78 is 0. The molecule has 2 amide bonds. The summed E-state index contributed by atoms with van der Waals surface area (Å²) in [6.45, 7) is 6.98. The Morgan fingerprint density at radius 1 is 1.42 bits per heavy atom. The van der Waals surface area contributed by atoms with Gasteiger partial charge in [-0.2, -0.15) is 0 Å². The number of nitrogens with zero attached hydrogens (tertiary/aromatic N) is 2. The predicted molar refractivity (Wildman–Crippen MR) is 92.0 cm³/mol. The van der Waals surface area contributed by atoms with Crippen molar-refractivity contribution in [3.63, 3.8) is 0 Å². The first kappa shape index (κ1) is 18.6. The van der Waals surface area contributed by atoms with Gasteiger partial charge in [0.15, 0.2) is 5.01 Å². The third kappa shape index (κ3) is 5.40. The quantitative estimate of drug-likeness (QED) is 0.271. The first-order valence-corrected chi connectivity index (χ1v) is 8.98. The van der Waals surface area contributed by atoms with Crippen molar-refractivity contribution in [2.45, 2.75) is 38.6 Å². The maximum absolute atomic E-state index is 11.5. The topological polar surface area (TPSA) is 94.6 Å². The van der Waals surface area contributed by atoms with Crippen LogP contribution in [0.1, 0.15) is 46.1 Å². The Morgan fingerprint density at radius 3 is 3.00 bits per heavy atom. The van der Waals surface area contributed by atoms with Crippen LogP contribution in [0.2, 0.25) is 0 Å². The number of aromatic nitrogens is 1. The van der Waals surface area contributed by atoms with Gasteiger partial charge in [0.1, 0.15) is 0 Å². The number of amides is 2. The normalized spacial score (nSPS) is 14.0. The number of carbonyl (C=O) groups is 2. The molecule has 2 heterocycles. The Hall–Kier alpha value is -1.77. The van der Waals surface area contributed by atoms with Crippen LogP contribution in [0.15, 0.2) is 12.7 Å². The second-order valence-corrected chi connectivity index (χ2v) is 6.82. The summed E-state index contributed by atoms with van der Waals surface area (Å²) in [5.74, 6) is -0.468. The lowest BCUT2D eigenvalue weighted by Crippen LogP contribution is -2.31. The van der Waals surface area contributed by atoms with E-state index in [1.165, 1.54) is 11.3 Å². The fourth-order valence-electron chi connectivity index (χ4n) is 2.59. The van der Waals surface area contributed by atoms with Crippen molar-refractivity contribution in [2.24, 2.45) is 0 Å². The summed E-state index contributed by atoms with van der Waals surface area (Å²) in [5.41, 5.74) is 2.59. The van der Waals surface area contributed by atoms with E-state index in [0.29, 0.717) is 24.4 Å². The number of carbonyl (C=O) groups excluding carboxylic acids is 2. The van der Waals surface area contributed by atoms with Gasteiger partial charge in [-0.3, -0.25) is 19.7 Å². The molecule has 0 radical (unpaired) electrons. The molecule has 0 fully saturated rings. The molecule has 8 heteroatoms.